The van der Waals surface area contributed by atoms with E-state index in [0.717, 1.165) is 12.8 Å². The highest BCUT2D eigenvalue weighted by molar-refractivity contribution is 7.87. The van der Waals surface area contributed by atoms with Gasteiger partial charge in [-0.25, -0.2) is 0 Å². The fourth-order valence-corrected chi connectivity index (χ4v) is 2.83. The van der Waals surface area contributed by atoms with Gasteiger partial charge in [-0.2, -0.15) is 26.0 Å². The van der Waals surface area contributed by atoms with E-state index in [0.29, 0.717) is 19.3 Å². The maximum absolute atomic E-state index is 13.2. The van der Waals surface area contributed by atoms with Crippen molar-refractivity contribution in [2.45, 2.75) is 62.2 Å². The van der Waals surface area contributed by atoms with E-state index in [-0.39, 0.29) is 0 Å². The van der Waals surface area contributed by atoms with Crippen LogP contribution in [0.5, 0.6) is 0 Å². The molecule has 1 aliphatic rings. The van der Waals surface area contributed by atoms with Gasteiger partial charge in [0.1, 0.15) is 0 Å². The quantitative estimate of drug-likeness (QED) is 0.577. The van der Waals surface area contributed by atoms with Gasteiger partial charge < -0.3 is 4.74 Å². The third kappa shape index (κ3) is 3.43. The second-order valence-electron chi connectivity index (χ2n) is 5.04. The van der Waals surface area contributed by atoms with Crippen LogP contribution in [0.2, 0.25) is 0 Å². The molecule has 0 aromatic carbocycles. The minimum absolute atomic E-state index is 0.577. The second-order valence-corrected chi connectivity index (χ2v) is 6.50. The fourth-order valence-electron chi connectivity index (χ4n) is 2.35. The summed E-state index contributed by atoms with van der Waals surface area (Å²) in [4.78, 5) is 0. The van der Waals surface area contributed by atoms with Gasteiger partial charge in [0.05, 0.1) is 12.2 Å². The molecule has 1 saturated carbocycles. The number of hydrogen-bond acceptors (Lipinski definition) is 3. The van der Waals surface area contributed by atoms with Crippen molar-refractivity contribution >= 4 is 10.1 Å². The first-order valence-corrected chi connectivity index (χ1v) is 7.78. The summed E-state index contributed by atoms with van der Waals surface area (Å²) in [7, 11) is -6.17. The summed E-state index contributed by atoms with van der Waals surface area (Å²) in [6.07, 6.45) is 2.21. The minimum Gasteiger partial charge on any atom is -0.375 e. The van der Waals surface area contributed by atoms with Crippen molar-refractivity contribution in [3.8, 4) is 0 Å². The number of alkyl halides is 4. The molecule has 120 valence electrons. The first-order valence-electron chi connectivity index (χ1n) is 6.34. The standard InChI is InChI=1S/C11H18F4O4S/c1-2-9(5-3-4-6-9)19-8-7-10(12,13)11(14,15)20(16,17)18/h2-8H2,1H3,(H,16,17,18). The van der Waals surface area contributed by atoms with Crippen molar-refractivity contribution in [3.63, 3.8) is 0 Å². The predicted octanol–water partition coefficient (Wildman–Crippen LogP) is 3.23. The summed E-state index contributed by atoms with van der Waals surface area (Å²) in [6, 6.07) is 0. The van der Waals surface area contributed by atoms with E-state index in [1.807, 2.05) is 6.92 Å². The van der Waals surface area contributed by atoms with Crippen molar-refractivity contribution in [2.24, 2.45) is 0 Å². The van der Waals surface area contributed by atoms with Crippen molar-refractivity contribution in [3.05, 3.63) is 0 Å². The summed E-state index contributed by atoms with van der Waals surface area (Å²) < 4.78 is 86.5. The van der Waals surface area contributed by atoms with Crippen molar-refractivity contribution in [1.29, 1.82) is 0 Å². The summed E-state index contributed by atoms with van der Waals surface area (Å²) in [5.74, 6) is -4.88. The van der Waals surface area contributed by atoms with E-state index in [2.05, 4.69) is 0 Å². The number of hydrogen-bond donors (Lipinski definition) is 1. The molecule has 0 radical (unpaired) electrons. The third-order valence-electron chi connectivity index (χ3n) is 3.73. The molecule has 0 heterocycles. The normalized spacial score (nSPS) is 20.3. The van der Waals surface area contributed by atoms with Crippen LogP contribution in [0, 0.1) is 0 Å². The number of ether oxygens (including phenoxy) is 1. The van der Waals surface area contributed by atoms with Crippen LogP contribution in [0.25, 0.3) is 0 Å². The third-order valence-corrected chi connectivity index (χ3v) is 4.68. The lowest BCUT2D eigenvalue weighted by Crippen LogP contribution is -2.47. The van der Waals surface area contributed by atoms with Gasteiger partial charge in [0, 0.05) is 6.42 Å². The molecule has 0 atom stereocenters. The zero-order chi connectivity index (χ0) is 15.7. The SMILES string of the molecule is CCC1(OCCC(F)(F)C(F)(F)S(=O)(=O)O)CCCC1. The zero-order valence-corrected chi connectivity index (χ0v) is 11.9. The first kappa shape index (κ1) is 17.6. The lowest BCUT2D eigenvalue weighted by atomic mass is 9.99. The van der Waals surface area contributed by atoms with Crippen LogP contribution in [-0.4, -0.2) is 36.4 Å². The molecule has 1 fully saturated rings. The predicted molar refractivity (Wildman–Crippen MR) is 63.5 cm³/mol. The van der Waals surface area contributed by atoms with Gasteiger partial charge >= 0.3 is 21.3 Å². The monoisotopic (exact) mass is 322 g/mol. The average Bonchev–Trinajstić information content (AvgIpc) is 2.76. The van der Waals surface area contributed by atoms with Crippen LogP contribution in [0.15, 0.2) is 0 Å². The van der Waals surface area contributed by atoms with Gasteiger partial charge in [-0.15, -0.1) is 0 Å². The Hall–Kier alpha value is -0.410. The van der Waals surface area contributed by atoms with E-state index < -0.39 is 39.9 Å². The van der Waals surface area contributed by atoms with Crippen molar-refractivity contribution in [1.82, 2.24) is 0 Å². The van der Waals surface area contributed by atoms with Gasteiger partial charge in [-0.05, 0) is 19.3 Å². The maximum atomic E-state index is 13.2. The molecule has 0 spiro atoms. The Morgan fingerprint density at radius 1 is 1.20 bits per heavy atom. The molecule has 20 heavy (non-hydrogen) atoms. The molecule has 0 amide bonds. The van der Waals surface area contributed by atoms with Crippen LogP contribution in [0.1, 0.15) is 45.4 Å². The zero-order valence-electron chi connectivity index (χ0n) is 11.0. The molecule has 9 heteroatoms. The molecule has 0 saturated heterocycles. The first-order chi connectivity index (χ1) is 8.97. The molecule has 0 unspecified atom stereocenters. The van der Waals surface area contributed by atoms with Gasteiger partial charge in [-0.3, -0.25) is 4.55 Å². The highest BCUT2D eigenvalue weighted by Crippen LogP contribution is 2.42. The molecule has 1 rings (SSSR count). The number of rotatable bonds is 7. The Morgan fingerprint density at radius 2 is 1.70 bits per heavy atom. The second kappa shape index (κ2) is 5.76. The van der Waals surface area contributed by atoms with Crippen molar-refractivity contribution < 1.29 is 35.3 Å². The van der Waals surface area contributed by atoms with Crippen LogP contribution < -0.4 is 0 Å². The van der Waals surface area contributed by atoms with Crippen LogP contribution in [0.3, 0.4) is 0 Å². The molecule has 4 nitrogen and oxygen atoms in total. The maximum Gasteiger partial charge on any atom is 0.431 e. The average molecular weight is 322 g/mol. The van der Waals surface area contributed by atoms with E-state index in [9.17, 15) is 26.0 Å². The highest BCUT2D eigenvalue weighted by atomic mass is 32.2. The molecule has 0 aliphatic heterocycles. The number of halogens is 4. The van der Waals surface area contributed by atoms with E-state index in [4.69, 9.17) is 9.29 Å². The van der Waals surface area contributed by atoms with Gasteiger partial charge in [-0.1, -0.05) is 19.8 Å². The Labute approximate surface area is 115 Å². The summed E-state index contributed by atoms with van der Waals surface area (Å²) in [5.41, 5.74) is -0.580. The largest absolute Gasteiger partial charge is 0.431 e. The van der Waals surface area contributed by atoms with Gasteiger partial charge in [0.25, 0.3) is 0 Å². The Morgan fingerprint density at radius 3 is 2.10 bits per heavy atom. The highest BCUT2D eigenvalue weighted by Gasteiger charge is 2.65. The van der Waals surface area contributed by atoms with E-state index in [1.54, 1.807) is 0 Å². The summed E-state index contributed by atoms with van der Waals surface area (Å²) >= 11 is 0. The fraction of sp³-hybridized carbons (Fsp3) is 1.00. The molecule has 0 aromatic rings. The molecule has 0 bridgehead atoms. The molecular formula is C11H18F4O4S. The van der Waals surface area contributed by atoms with E-state index in [1.165, 1.54) is 0 Å². The Balaban J connectivity index is 2.64. The Kier molecular flexibility index (Phi) is 5.08. The minimum atomic E-state index is -6.17. The van der Waals surface area contributed by atoms with Crippen LogP contribution in [-0.2, 0) is 14.9 Å². The van der Waals surface area contributed by atoms with E-state index >= 15 is 0 Å². The summed E-state index contributed by atoms with van der Waals surface area (Å²) in [5, 5.41) is -5.52. The lowest BCUT2D eigenvalue weighted by molar-refractivity contribution is -0.178. The Bertz CT molecular complexity index is 430. The van der Waals surface area contributed by atoms with Gasteiger partial charge in [0.2, 0.25) is 0 Å². The molecule has 0 aromatic heterocycles. The lowest BCUT2D eigenvalue weighted by Gasteiger charge is -2.30. The molecular weight excluding hydrogens is 304 g/mol. The summed E-state index contributed by atoms with van der Waals surface area (Å²) in [6.45, 7) is 1.13. The molecule has 1 N–H and O–H groups in total. The topological polar surface area (TPSA) is 63.6 Å². The smallest absolute Gasteiger partial charge is 0.375 e. The van der Waals surface area contributed by atoms with Crippen LogP contribution in [0.4, 0.5) is 17.6 Å². The van der Waals surface area contributed by atoms with Crippen LogP contribution >= 0.6 is 0 Å². The van der Waals surface area contributed by atoms with Crippen molar-refractivity contribution in [2.75, 3.05) is 6.61 Å². The van der Waals surface area contributed by atoms with Gasteiger partial charge in [0.15, 0.2) is 0 Å². The molecule has 1 aliphatic carbocycles.